The molecule has 0 atom stereocenters. The molecule has 0 fully saturated rings. The van der Waals surface area contributed by atoms with Crippen LogP contribution in [0.4, 0.5) is 0 Å². The van der Waals surface area contributed by atoms with Crippen LogP contribution in [-0.2, 0) is 0 Å². The number of ether oxygens (including phenoxy) is 2. The highest BCUT2D eigenvalue weighted by Crippen LogP contribution is 2.28. The Bertz CT molecular complexity index is 287. The van der Waals surface area contributed by atoms with E-state index in [2.05, 4.69) is 6.92 Å². The molecule has 0 amide bonds. The Kier molecular flexibility index (Phi) is 4.60. The molecule has 1 rings (SSSR count). The molecule has 0 saturated carbocycles. The Morgan fingerprint density at radius 3 is 2.57 bits per heavy atom. The van der Waals surface area contributed by atoms with Crippen molar-refractivity contribution < 1.29 is 9.47 Å². The van der Waals surface area contributed by atoms with Crippen molar-refractivity contribution in [3.05, 3.63) is 23.2 Å². The van der Waals surface area contributed by atoms with E-state index in [0.717, 1.165) is 17.9 Å². The van der Waals surface area contributed by atoms with E-state index < -0.39 is 0 Å². The van der Waals surface area contributed by atoms with Crippen LogP contribution in [0.1, 0.15) is 20.3 Å². The van der Waals surface area contributed by atoms with Gasteiger partial charge in [0, 0.05) is 6.07 Å². The molecule has 2 nitrogen and oxygen atoms in total. The molecule has 0 unspecified atom stereocenters. The average molecular weight is 215 g/mol. The minimum absolute atomic E-state index is 0.601. The lowest BCUT2D eigenvalue weighted by molar-refractivity contribution is 0.314. The molecule has 0 aromatic heterocycles. The number of hydrogen-bond donors (Lipinski definition) is 0. The van der Waals surface area contributed by atoms with Crippen molar-refractivity contribution >= 4 is 11.6 Å². The standard InChI is InChI=1S/C11H15ClO2/c1-3-7-14-11-6-5-9(13-4-2)8-10(11)12/h5-6,8H,3-4,7H2,1-2H3. The van der Waals surface area contributed by atoms with Crippen LogP contribution in [0.2, 0.25) is 5.02 Å². The second kappa shape index (κ2) is 5.76. The summed E-state index contributed by atoms with van der Waals surface area (Å²) in [6.45, 7) is 5.33. The van der Waals surface area contributed by atoms with Crippen LogP contribution in [0.3, 0.4) is 0 Å². The molecule has 0 aliphatic rings. The summed E-state index contributed by atoms with van der Waals surface area (Å²) in [6.07, 6.45) is 0.976. The van der Waals surface area contributed by atoms with Gasteiger partial charge in [-0.25, -0.2) is 0 Å². The number of hydrogen-bond acceptors (Lipinski definition) is 2. The molecule has 0 aliphatic carbocycles. The molecule has 0 heterocycles. The van der Waals surface area contributed by atoms with Gasteiger partial charge >= 0.3 is 0 Å². The van der Waals surface area contributed by atoms with E-state index in [0.29, 0.717) is 18.2 Å². The highest BCUT2D eigenvalue weighted by molar-refractivity contribution is 6.32. The third-order valence-corrected chi connectivity index (χ3v) is 1.97. The zero-order valence-corrected chi connectivity index (χ0v) is 9.30. The molecule has 3 heteroatoms. The molecule has 0 radical (unpaired) electrons. The van der Waals surface area contributed by atoms with Gasteiger partial charge in [-0.05, 0) is 25.5 Å². The second-order valence-electron chi connectivity index (χ2n) is 2.87. The fraction of sp³-hybridized carbons (Fsp3) is 0.455. The Morgan fingerprint density at radius 1 is 1.21 bits per heavy atom. The van der Waals surface area contributed by atoms with Gasteiger partial charge in [0.25, 0.3) is 0 Å². The average Bonchev–Trinajstić information content (AvgIpc) is 2.17. The zero-order chi connectivity index (χ0) is 10.4. The van der Waals surface area contributed by atoms with Crippen LogP contribution in [-0.4, -0.2) is 13.2 Å². The summed E-state index contributed by atoms with van der Waals surface area (Å²) in [7, 11) is 0. The van der Waals surface area contributed by atoms with E-state index >= 15 is 0 Å². The maximum absolute atomic E-state index is 6.00. The first-order valence-electron chi connectivity index (χ1n) is 4.83. The van der Waals surface area contributed by atoms with E-state index in [-0.39, 0.29) is 0 Å². The number of halogens is 1. The predicted molar refractivity (Wildman–Crippen MR) is 58.4 cm³/mol. The van der Waals surface area contributed by atoms with Crippen molar-refractivity contribution in [1.82, 2.24) is 0 Å². The molecule has 78 valence electrons. The molecule has 1 aromatic carbocycles. The predicted octanol–water partition coefficient (Wildman–Crippen LogP) is 3.53. The maximum Gasteiger partial charge on any atom is 0.138 e. The lowest BCUT2D eigenvalue weighted by Gasteiger charge is -2.08. The van der Waals surface area contributed by atoms with Gasteiger partial charge in [0.15, 0.2) is 0 Å². The molecule has 1 aromatic rings. The fourth-order valence-electron chi connectivity index (χ4n) is 1.07. The summed E-state index contributed by atoms with van der Waals surface area (Å²) in [5.41, 5.74) is 0. The summed E-state index contributed by atoms with van der Waals surface area (Å²) in [5, 5.41) is 0.601. The zero-order valence-electron chi connectivity index (χ0n) is 8.55. The van der Waals surface area contributed by atoms with Crippen LogP contribution in [0.25, 0.3) is 0 Å². The molecular formula is C11H15ClO2. The van der Waals surface area contributed by atoms with Crippen LogP contribution in [0.15, 0.2) is 18.2 Å². The normalized spacial score (nSPS) is 9.93. The van der Waals surface area contributed by atoms with Gasteiger partial charge in [0.2, 0.25) is 0 Å². The lowest BCUT2D eigenvalue weighted by atomic mass is 10.3. The largest absolute Gasteiger partial charge is 0.494 e. The highest BCUT2D eigenvalue weighted by Gasteiger charge is 2.02. The first kappa shape index (κ1) is 11.2. The van der Waals surface area contributed by atoms with Gasteiger partial charge in [0.05, 0.1) is 18.2 Å². The van der Waals surface area contributed by atoms with Crippen molar-refractivity contribution in [2.75, 3.05) is 13.2 Å². The molecule has 0 bridgehead atoms. The summed E-state index contributed by atoms with van der Waals surface area (Å²) < 4.78 is 10.7. The minimum Gasteiger partial charge on any atom is -0.494 e. The summed E-state index contributed by atoms with van der Waals surface area (Å²) in [5.74, 6) is 1.50. The minimum atomic E-state index is 0.601. The van der Waals surface area contributed by atoms with Crippen LogP contribution < -0.4 is 9.47 Å². The Labute approximate surface area is 89.8 Å². The van der Waals surface area contributed by atoms with Gasteiger partial charge < -0.3 is 9.47 Å². The Morgan fingerprint density at radius 2 is 2.00 bits per heavy atom. The Hall–Kier alpha value is -0.890. The molecule has 0 N–H and O–H groups in total. The van der Waals surface area contributed by atoms with Gasteiger partial charge in [-0.3, -0.25) is 0 Å². The van der Waals surface area contributed by atoms with Gasteiger partial charge in [0.1, 0.15) is 11.5 Å². The SMILES string of the molecule is CCCOc1ccc(OCC)cc1Cl. The molecular weight excluding hydrogens is 200 g/mol. The van der Waals surface area contributed by atoms with E-state index in [1.165, 1.54) is 0 Å². The summed E-state index contributed by atoms with van der Waals surface area (Å²) in [4.78, 5) is 0. The Balaban J connectivity index is 2.68. The maximum atomic E-state index is 6.00. The molecule has 0 saturated heterocycles. The fourth-order valence-corrected chi connectivity index (χ4v) is 1.29. The quantitative estimate of drug-likeness (QED) is 0.747. The van der Waals surface area contributed by atoms with Gasteiger partial charge in [-0.2, -0.15) is 0 Å². The van der Waals surface area contributed by atoms with E-state index in [9.17, 15) is 0 Å². The molecule has 0 aliphatic heterocycles. The first-order chi connectivity index (χ1) is 6.77. The van der Waals surface area contributed by atoms with Crippen LogP contribution in [0, 0.1) is 0 Å². The van der Waals surface area contributed by atoms with Crippen molar-refractivity contribution in [2.45, 2.75) is 20.3 Å². The van der Waals surface area contributed by atoms with E-state index in [1.807, 2.05) is 19.1 Å². The van der Waals surface area contributed by atoms with Crippen molar-refractivity contribution in [1.29, 1.82) is 0 Å². The summed E-state index contributed by atoms with van der Waals surface area (Å²) in [6, 6.07) is 5.47. The van der Waals surface area contributed by atoms with E-state index in [4.69, 9.17) is 21.1 Å². The van der Waals surface area contributed by atoms with E-state index in [1.54, 1.807) is 6.07 Å². The van der Waals surface area contributed by atoms with Gasteiger partial charge in [-0.15, -0.1) is 0 Å². The second-order valence-corrected chi connectivity index (χ2v) is 3.28. The molecule has 0 spiro atoms. The van der Waals surface area contributed by atoms with Crippen molar-refractivity contribution in [2.24, 2.45) is 0 Å². The number of rotatable bonds is 5. The van der Waals surface area contributed by atoms with Crippen molar-refractivity contribution in [3.63, 3.8) is 0 Å². The third-order valence-electron chi connectivity index (χ3n) is 1.68. The summed E-state index contributed by atoms with van der Waals surface area (Å²) >= 11 is 6.00. The number of benzene rings is 1. The van der Waals surface area contributed by atoms with Crippen LogP contribution >= 0.6 is 11.6 Å². The first-order valence-corrected chi connectivity index (χ1v) is 5.20. The molecule has 14 heavy (non-hydrogen) atoms. The smallest absolute Gasteiger partial charge is 0.138 e. The van der Waals surface area contributed by atoms with Crippen molar-refractivity contribution in [3.8, 4) is 11.5 Å². The topological polar surface area (TPSA) is 18.5 Å². The van der Waals surface area contributed by atoms with Crippen LogP contribution in [0.5, 0.6) is 11.5 Å². The highest BCUT2D eigenvalue weighted by atomic mass is 35.5. The third kappa shape index (κ3) is 3.11. The van der Waals surface area contributed by atoms with Gasteiger partial charge in [-0.1, -0.05) is 18.5 Å². The lowest BCUT2D eigenvalue weighted by Crippen LogP contribution is -1.96. The monoisotopic (exact) mass is 214 g/mol.